The van der Waals surface area contributed by atoms with Crippen molar-refractivity contribution in [1.29, 1.82) is 0 Å². The summed E-state index contributed by atoms with van der Waals surface area (Å²) in [5, 5.41) is 3.23. The van der Waals surface area contributed by atoms with Crippen molar-refractivity contribution >= 4 is 17.1 Å². The Morgan fingerprint density at radius 3 is 2.33 bits per heavy atom. The maximum atomic E-state index is 13.0. The molecule has 8 heteroatoms. The molecule has 1 amide bonds. The zero-order valence-corrected chi connectivity index (χ0v) is 18.1. The highest BCUT2D eigenvalue weighted by molar-refractivity contribution is 5.77. The molecule has 4 bridgehead atoms. The number of carbonyl (C=O) groups excluding carboxylic acids is 1. The van der Waals surface area contributed by atoms with Crippen LogP contribution in [0.3, 0.4) is 0 Å². The highest BCUT2D eigenvalue weighted by Gasteiger charge is 2.54. The quantitative estimate of drug-likeness (QED) is 0.805. The smallest absolute Gasteiger partial charge is 0.332 e. The van der Waals surface area contributed by atoms with E-state index in [-0.39, 0.29) is 23.9 Å². The fourth-order valence-corrected chi connectivity index (χ4v) is 7.21. The molecule has 4 saturated carbocycles. The number of nitrogens with one attached hydrogen (secondary N) is 1. The van der Waals surface area contributed by atoms with Crippen molar-refractivity contribution in [1.82, 2.24) is 24.0 Å². The van der Waals surface area contributed by atoms with E-state index in [1.165, 1.54) is 49.4 Å². The summed E-state index contributed by atoms with van der Waals surface area (Å²) in [5.74, 6) is 2.18. The highest BCUT2D eigenvalue weighted by atomic mass is 16.2. The van der Waals surface area contributed by atoms with Gasteiger partial charge in [0.1, 0.15) is 6.54 Å². The molecule has 30 heavy (non-hydrogen) atoms. The molecular formula is C22H31N5O3. The first-order valence-electron chi connectivity index (χ1n) is 11.2. The number of carbonyl (C=O) groups is 1. The van der Waals surface area contributed by atoms with Crippen molar-refractivity contribution in [3.05, 3.63) is 27.2 Å². The van der Waals surface area contributed by atoms with Crippen LogP contribution in [0.4, 0.5) is 0 Å². The van der Waals surface area contributed by atoms with E-state index in [4.69, 9.17) is 0 Å². The van der Waals surface area contributed by atoms with E-state index in [0.29, 0.717) is 11.2 Å². The fraction of sp³-hybridized carbons (Fsp3) is 0.727. The first kappa shape index (κ1) is 19.6. The van der Waals surface area contributed by atoms with Gasteiger partial charge in [0.05, 0.1) is 6.33 Å². The van der Waals surface area contributed by atoms with Gasteiger partial charge in [-0.05, 0) is 68.1 Å². The molecule has 0 radical (unpaired) electrons. The predicted octanol–water partition coefficient (Wildman–Crippen LogP) is 1.54. The summed E-state index contributed by atoms with van der Waals surface area (Å²) >= 11 is 0. The summed E-state index contributed by atoms with van der Waals surface area (Å²) in [4.78, 5) is 42.8. The average molecular weight is 414 g/mol. The normalized spacial score (nSPS) is 30.7. The molecule has 0 aromatic carbocycles. The lowest BCUT2D eigenvalue weighted by Crippen LogP contribution is -2.57. The van der Waals surface area contributed by atoms with Crippen molar-refractivity contribution in [2.45, 2.75) is 64.5 Å². The number of rotatable bonds is 5. The van der Waals surface area contributed by atoms with Gasteiger partial charge in [0.25, 0.3) is 5.56 Å². The van der Waals surface area contributed by atoms with Crippen molar-refractivity contribution in [2.24, 2.45) is 37.3 Å². The number of fused-ring (bicyclic) bond motifs is 1. The van der Waals surface area contributed by atoms with Crippen LogP contribution in [0.2, 0.25) is 0 Å². The molecule has 4 aliphatic carbocycles. The Balaban J connectivity index is 1.40. The maximum Gasteiger partial charge on any atom is 0.332 e. The summed E-state index contributed by atoms with van der Waals surface area (Å²) < 4.78 is 3.96. The molecule has 0 unspecified atom stereocenters. The molecule has 4 fully saturated rings. The number of aryl methyl sites for hydroxylation is 2. The molecule has 6 rings (SSSR count). The van der Waals surface area contributed by atoms with Crippen molar-refractivity contribution in [3.8, 4) is 0 Å². The van der Waals surface area contributed by atoms with Crippen LogP contribution in [0.25, 0.3) is 11.2 Å². The molecule has 1 N–H and O–H groups in total. The minimum Gasteiger partial charge on any atom is -0.351 e. The first-order valence-corrected chi connectivity index (χ1v) is 11.2. The molecular weight excluding hydrogens is 382 g/mol. The largest absolute Gasteiger partial charge is 0.351 e. The molecule has 2 aromatic heterocycles. The molecule has 0 saturated heterocycles. The van der Waals surface area contributed by atoms with Gasteiger partial charge in [0, 0.05) is 20.1 Å². The lowest BCUT2D eigenvalue weighted by atomic mass is 9.47. The Kier molecular flexibility index (Phi) is 4.45. The van der Waals surface area contributed by atoms with Gasteiger partial charge in [-0.15, -0.1) is 0 Å². The van der Waals surface area contributed by atoms with Gasteiger partial charge >= 0.3 is 5.69 Å². The van der Waals surface area contributed by atoms with Crippen molar-refractivity contribution in [2.75, 3.05) is 0 Å². The van der Waals surface area contributed by atoms with Gasteiger partial charge in [-0.3, -0.25) is 14.2 Å². The third-order valence-corrected chi connectivity index (χ3v) is 8.07. The molecule has 0 aliphatic heterocycles. The summed E-state index contributed by atoms with van der Waals surface area (Å²) in [7, 11) is 3.29. The lowest BCUT2D eigenvalue weighted by molar-refractivity contribution is -0.127. The Bertz CT molecular complexity index is 1090. The van der Waals surface area contributed by atoms with Gasteiger partial charge in [-0.1, -0.05) is 6.92 Å². The minimum absolute atomic E-state index is 0.110. The van der Waals surface area contributed by atoms with E-state index in [0.717, 1.165) is 28.7 Å². The second-order valence-electron chi connectivity index (χ2n) is 10.1. The minimum atomic E-state index is -0.510. The molecule has 2 heterocycles. The number of hydrogen-bond acceptors (Lipinski definition) is 4. The van der Waals surface area contributed by atoms with Crippen LogP contribution >= 0.6 is 0 Å². The van der Waals surface area contributed by atoms with E-state index in [2.05, 4.69) is 17.2 Å². The summed E-state index contributed by atoms with van der Waals surface area (Å²) in [5.41, 5.74) is -0.112. The van der Waals surface area contributed by atoms with Crippen LogP contribution in [0, 0.1) is 23.2 Å². The fourth-order valence-electron chi connectivity index (χ4n) is 7.21. The van der Waals surface area contributed by atoms with Gasteiger partial charge in [0.15, 0.2) is 11.2 Å². The van der Waals surface area contributed by atoms with E-state index >= 15 is 0 Å². The standard InChI is InChI=1S/C22H31N5O3/c1-4-16(22-8-13-5-14(9-22)7-15(6-13)10-22)24-17(28)11-27-20(29)18-19(23-12-25(18)2)26(3)21(27)30/h12-16H,4-11H2,1-3H3,(H,24,28)/t13?,14?,15?,16-,22?/m1/s1. The van der Waals surface area contributed by atoms with Gasteiger partial charge in [0.2, 0.25) is 5.91 Å². The maximum absolute atomic E-state index is 13.0. The summed E-state index contributed by atoms with van der Waals surface area (Å²) in [6.07, 6.45) is 10.1. The number of nitrogens with zero attached hydrogens (tertiary/aromatic N) is 4. The number of imidazole rings is 1. The third kappa shape index (κ3) is 2.87. The highest BCUT2D eigenvalue weighted by Crippen LogP contribution is 2.61. The van der Waals surface area contributed by atoms with Crippen LogP contribution in [-0.4, -0.2) is 30.6 Å². The molecule has 162 valence electrons. The van der Waals surface area contributed by atoms with Crippen LogP contribution in [-0.2, 0) is 25.4 Å². The van der Waals surface area contributed by atoms with E-state index in [9.17, 15) is 14.4 Å². The molecule has 0 spiro atoms. The lowest BCUT2D eigenvalue weighted by Gasteiger charge is -2.59. The zero-order chi connectivity index (χ0) is 21.2. The van der Waals surface area contributed by atoms with Crippen LogP contribution < -0.4 is 16.6 Å². The monoisotopic (exact) mass is 413 g/mol. The van der Waals surface area contributed by atoms with Crippen LogP contribution in [0.15, 0.2) is 15.9 Å². The third-order valence-electron chi connectivity index (χ3n) is 8.07. The number of amides is 1. The van der Waals surface area contributed by atoms with Crippen molar-refractivity contribution < 1.29 is 4.79 Å². The van der Waals surface area contributed by atoms with Crippen molar-refractivity contribution in [3.63, 3.8) is 0 Å². The van der Waals surface area contributed by atoms with Crippen LogP contribution in [0.1, 0.15) is 51.9 Å². The SMILES string of the molecule is CC[C@@H](NC(=O)Cn1c(=O)c2c(ncn2C)n(C)c1=O)C12CC3CC(CC(C3)C1)C2. The summed E-state index contributed by atoms with van der Waals surface area (Å²) in [6.45, 7) is 1.88. The van der Waals surface area contributed by atoms with Crippen LogP contribution in [0.5, 0.6) is 0 Å². The molecule has 4 aliphatic rings. The Morgan fingerprint density at radius 2 is 1.77 bits per heavy atom. The second kappa shape index (κ2) is 6.82. The Labute approximate surface area is 175 Å². The molecule has 2 aromatic rings. The Hall–Kier alpha value is -2.38. The Morgan fingerprint density at radius 1 is 1.17 bits per heavy atom. The number of hydrogen-bond donors (Lipinski definition) is 1. The predicted molar refractivity (Wildman–Crippen MR) is 113 cm³/mol. The molecule has 8 nitrogen and oxygen atoms in total. The van der Waals surface area contributed by atoms with Gasteiger partial charge in [-0.25, -0.2) is 14.3 Å². The van der Waals surface area contributed by atoms with E-state index in [1.54, 1.807) is 18.7 Å². The topological polar surface area (TPSA) is 90.9 Å². The summed E-state index contributed by atoms with van der Waals surface area (Å²) in [6, 6.07) is 0.110. The van der Waals surface area contributed by atoms with E-state index in [1.807, 2.05) is 0 Å². The zero-order valence-electron chi connectivity index (χ0n) is 18.1. The number of aromatic nitrogens is 4. The average Bonchev–Trinajstić information content (AvgIpc) is 3.08. The molecule has 1 atom stereocenters. The van der Waals surface area contributed by atoms with Gasteiger partial charge < -0.3 is 9.88 Å². The van der Waals surface area contributed by atoms with Gasteiger partial charge in [-0.2, -0.15) is 0 Å². The second-order valence-corrected chi connectivity index (χ2v) is 10.1. The van der Waals surface area contributed by atoms with E-state index < -0.39 is 11.2 Å². The first-order chi connectivity index (χ1) is 14.3.